The normalized spacial score (nSPS) is 12.3. The molecule has 0 aliphatic carbocycles. The highest BCUT2D eigenvalue weighted by Gasteiger charge is 2.21. The first-order valence-corrected chi connectivity index (χ1v) is 7.77. The fourth-order valence-corrected chi connectivity index (χ4v) is 2.94. The van der Waals surface area contributed by atoms with E-state index < -0.39 is 0 Å². The highest BCUT2D eigenvalue weighted by Crippen LogP contribution is 2.24. The summed E-state index contributed by atoms with van der Waals surface area (Å²) in [6.45, 7) is 2.09. The van der Waals surface area contributed by atoms with Crippen LogP contribution >= 0.6 is 0 Å². The van der Waals surface area contributed by atoms with E-state index in [0.717, 1.165) is 28.6 Å². The molecule has 0 spiro atoms. The van der Waals surface area contributed by atoms with E-state index in [0.29, 0.717) is 6.42 Å². The Morgan fingerprint density at radius 2 is 2.04 bits per heavy atom. The molecule has 0 aliphatic rings. The van der Waals surface area contributed by atoms with E-state index >= 15 is 0 Å². The predicted molar refractivity (Wildman–Crippen MR) is 89.8 cm³/mol. The minimum atomic E-state index is 0.0637. The lowest BCUT2D eigenvalue weighted by Crippen LogP contribution is -2.32. The SMILES string of the molecule is CCC(c1ccncc1)N(C)C(=O)Cc1c[nH]c2ncccc12. The number of amides is 1. The number of H-pyrrole nitrogens is 1. The fraction of sp³-hybridized carbons (Fsp3) is 0.278. The quantitative estimate of drug-likeness (QED) is 0.788. The lowest BCUT2D eigenvalue weighted by Gasteiger charge is -2.27. The van der Waals surface area contributed by atoms with Crippen LogP contribution in [0.4, 0.5) is 0 Å². The molecular formula is C18H20N4O. The maximum absolute atomic E-state index is 12.7. The van der Waals surface area contributed by atoms with Crippen molar-refractivity contribution in [3.63, 3.8) is 0 Å². The van der Waals surface area contributed by atoms with Crippen LogP contribution in [0.2, 0.25) is 0 Å². The van der Waals surface area contributed by atoms with Gasteiger partial charge in [-0.1, -0.05) is 6.92 Å². The molecule has 3 heterocycles. The number of aromatic amines is 1. The Morgan fingerprint density at radius 1 is 1.26 bits per heavy atom. The number of hydrogen-bond donors (Lipinski definition) is 1. The molecule has 1 N–H and O–H groups in total. The molecule has 0 aliphatic heterocycles. The first-order valence-electron chi connectivity index (χ1n) is 7.77. The van der Waals surface area contributed by atoms with Crippen LogP contribution in [0.25, 0.3) is 11.0 Å². The van der Waals surface area contributed by atoms with E-state index in [-0.39, 0.29) is 11.9 Å². The van der Waals surface area contributed by atoms with Gasteiger partial charge in [-0.05, 0) is 41.8 Å². The maximum atomic E-state index is 12.7. The molecule has 3 rings (SSSR count). The average Bonchev–Trinajstić information content (AvgIpc) is 2.99. The van der Waals surface area contributed by atoms with Gasteiger partial charge in [0.15, 0.2) is 0 Å². The second-order valence-electron chi connectivity index (χ2n) is 5.60. The maximum Gasteiger partial charge on any atom is 0.227 e. The second kappa shape index (κ2) is 6.60. The zero-order chi connectivity index (χ0) is 16.2. The van der Waals surface area contributed by atoms with Crippen LogP contribution in [0, 0.1) is 0 Å². The summed E-state index contributed by atoms with van der Waals surface area (Å²) in [7, 11) is 1.87. The number of rotatable bonds is 5. The topological polar surface area (TPSA) is 61.9 Å². The summed E-state index contributed by atoms with van der Waals surface area (Å²) in [5.41, 5.74) is 2.91. The van der Waals surface area contributed by atoms with Gasteiger partial charge >= 0.3 is 0 Å². The third-order valence-electron chi connectivity index (χ3n) is 4.22. The van der Waals surface area contributed by atoms with Crippen LogP contribution in [-0.4, -0.2) is 32.8 Å². The molecule has 1 amide bonds. The summed E-state index contributed by atoms with van der Waals surface area (Å²) in [6, 6.07) is 7.87. The van der Waals surface area contributed by atoms with Gasteiger partial charge in [0.2, 0.25) is 5.91 Å². The van der Waals surface area contributed by atoms with E-state index in [1.807, 2.05) is 42.4 Å². The van der Waals surface area contributed by atoms with E-state index in [1.165, 1.54) is 0 Å². The van der Waals surface area contributed by atoms with E-state index in [2.05, 4.69) is 21.9 Å². The number of carbonyl (C=O) groups excluding carboxylic acids is 1. The molecule has 1 unspecified atom stereocenters. The van der Waals surface area contributed by atoms with Gasteiger partial charge in [-0.2, -0.15) is 0 Å². The summed E-state index contributed by atoms with van der Waals surface area (Å²) in [5.74, 6) is 0.0958. The van der Waals surface area contributed by atoms with E-state index in [9.17, 15) is 4.79 Å². The van der Waals surface area contributed by atoms with Crippen LogP contribution in [0.3, 0.4) is 0 Å². The smallest absolute Gasteiger partial charge is 0.227 e. The number of likely N-dealkylation sites (N-methyl/N-ethyl adjacent to an activating group) is 1. The van der Waals surface area contributed by atoms with Gasteiger partial charge in [-0.25, -0.2) is 4.98 Å². The summed E-state index contributed by atoms with van der Waals surface area (Å²) in [5, 5.41) is 1.01. The average molecular weight is 308 g/mol. The van der Waals surface area contributed by atoms with Gasteiger partial charge in [0.1, 0.15) is 5.65 Å². The Kier molecular flexibility index (Phi) is 4.37. The van der Waals surface area contributed by atoms with Gasteiger partial charge in [0.05, 0.1) is 12.5 Å². The van der Waals surface area contributed by atoms with Crippen molar-refractivity contribution in [1.29, 1.82) is 0 Å². The Labute approximate surface area is 135 Å². The van der Waals surface area contributed by atoms with Gasteiger partial charge in [0, 0.05) is 37.2 Å². The summed E-state index contributed by atoms with van der Waals surface area (Å²) >= 11 is 0. The first kappa shape index (κ1) is 15.2. The highest BCUT2D eigenvalue weighted by atomic mass is 16.2. The molecular weight excluding hydrogens is 288 g/mol. The third-order valence-corrected chi connectivity index (χ3v) is 4.22. The van der Waals surface area contributed by atoms with Crippen molar-refractivity contribution in [2.45, 2.75) is 25.8 Å². The molecule has 0 aromatic carbocycles. The Hall–Kier alpha value is -2.69. The minimum Gasteiger partial charge on any atom is -0.346 e. The van der Waals surface area contributed by atoms with Crippen LogP contribution in [0.15, 0.2) is 49.1 Å². The molecule has 1 atom stereocenters. The molecule has 0 saturated heterocycles. The summed E-state index contributed by atoms with van der Waals surface area (Å²) in [6.07, 6.45) is 8.37. The molecule has 5 heteroatoms. The van der Waals surface area contributed by atoms with Crippen molar-refractivity contribution in [3.05, 3.63) is 60.2 Å². The molecule has 0 saturated carbocycles. The minimum absolute atomic E-state index is 0.0637. The Balaban J connectivity index is 1.79. The number of hydrogen-bond acceptors (Lipinski definition) is 3. The van der Waals surface area contributed by atoms with Crippen molar-refractivity contribution in [2.75, 3.05) is 7.05 Å². The standard InChI is InChI=1S/C18H20N4O/c1-3-16(13-6-9-19-10-7-13)22(2)17(23)11-14-12-21-18-15(14)5-4-8-20-18/h4-10,12,16H,3,11H2,1-2H3,(H,20,21). The van der Waals surface area contributed by atoms with Gasteiger partial charge in [-0.15, -0.1) is 0 Å². The third kappa shape index (κ3) is 3.08. The number of carbonyl (C=O) groups is 1. The van der Waals surface area contributed by atoms with Crippen molar-refractivity contribution >= 4 is 16.9 Å². The largest absolute Gasteiger partial charge is 0.346 e. The van der Waals surface area contributed by atoms with Crippen LogP contribution in [0.1, 0.15) is 30.5 Å². The van der Waals surface area contributed by atoms with Crippen molar-refractivity contribution < 1.29 is 4.79 Å². The van der Waals surface area contributed by atoms with Crippen LogP contribution in [-0.2, 0) is 11.2 Å². The molecule has 3 aromatic heterocycles. The van der Waals surface area contributed by atoms with Gasteiger partial charge < -0.3 is 9.88 Å². The van der Waals surface area contributed by atoms with Crippen molar-refractivity contribution in [2.24, 2.45) is 0 Å². The van der Waals surface area contributed by atoms with Crippen molar-refractivity contribution in [3.8, 4) is 0 Å². The van der Waals surface area contributed by atoms with Gasteiger partial charge in [0.25, 0.3) is 0 Å². The molecule has 3 aromatic rings. The van der Waals surface area contributed by atoms with Crippen molar-refractivity contribution in [1.82, 2.24) is 19.9 Å². The van der Waals surface area contributed by atoms with Crippen LogP contribution in [0.5, 0.6) is 0 Å². The van der Waals surface area contributed by atoms with E-state index in [4.69, 9.17) is 0 Å². The zero-order valence-electron chi connectivity index (χ0n) is 13.4. The lowest BCUT2D eigenvalue weighted by molar-refractivity contribution is -0.131. The number of pyridine rings is 2. The van der Waals surface area contributed by atoms with E-state index in [1.54, 1.807) is 18.6 Å². The Morgan fingerprint density at radius 3 is 2.78 bits per heavy atom. The number of fused-ring (bicyclic) bond motifs is 1. The molecule has 118 valence electrons. The predicted octanol–water partition coefficient (Wildman–Crippen LogP) is 3.11. The van der Waals surface area contributed by atoms with Gasteiger partial charge in [-0.3, -0.25) is 9.78 Å². The second-order valence-corrected chi connectivity index (χ2v) is 5.60. The number of nitrogens with zero attached hydrogens (tertiary/aromatic N) is 3. The zero-order valence-corrected chi connectivity index (χ0v) is 13.4. The lowest BCUT2D eigenvalue weighted by atomic mass is 10.0. The van der Waals surface area contributed by atoms with Crippen LogP contribution < -0.4 is 0 Å². The molecule has 5 nitrogen and oxygen atoms in total. The summed E-state index contributed by atoms with van der Waals surface area (Å²) < 4.78 is 0. The monoisotopic (exact) mass is 308 g/mol. The Bertz CT molecular complexity index is 797. The number of aromatic nitrogens is 3. The highest BCUT2D eigenvalue weighted by molar-refractivity contribution is 5.87. The molecule has 0 bridgehead atoms. The molecule has 23 heavy (non-hydrogen) atoms. The summed E-state index contributed by atoms with van der Waals surface area (Å²) in [4.78, 5) is 26.0. The first-order chi connectivity index (χ1) is 11.2. The molecule has 0 fully saturated rings. The fourth-order valence-electron chi connectivity index (χ4n) is 2.94. The number of nitrogens with one attached hydrogen (secondary N) is 1. The molecule has 0 radical (unpaired) electrons.